The van der Waals surface area contributed by atoms with E-state index in [9.17, 15) is 0 Å². The number of nitrogens with one attached hydrogen (secondary N) is 1. The second-order valence-electron chi connectivity index (χ2n) is 5.96. The fourth-order valence-corrected chi connectivity index (χ4v) is 2.89. The Hall–Kier alpha value is -3.02. The highest BCUT2D eigenvalue weighted by atomic mass is 15.0. The zero-order chi connectivity index (χ0) is 15.4. The monoisotopic (exact) mass is 302 g/mol. The van der Waals surface area contributed by atoms with E-state index in [4.69, 9.17) is 10.7 Å². The number of aromatic amines is 1. The van der Waals surface area contributed by atoms with Gasteiger partial charge >= 0.3 is 0 Å². The first-order valence-corrected chi connectivity index (χ1v) is 7.65. The Labute approximate surface area is 131 Å². The third kappa shape index (κ3) is 2.03. The minimum atomic E-state index is 0.514. The normalized spacial score (nSPS) is 14.6. The Kier molecular flexibility index (Phi) is 2.44. The summed E-state index contributed by atoms with van der Waals surface area (Å²) in [6, 6.07) is 9.63. The zero-order valence-corrected chi connectivity index (χ0v) is 12.3. The number of benzene rings is 1. The highest BCUT2D eigenvalue weighted by Crippen LogP contribution is 2.41. The van der Waals surface area contributed by atoms with Gasteiger partial charge in [0.1, 0.15) is 11.2 Å². The number of hydrogen-bond donors (Lipinski definition) is 2. The molecule has 1 aliphatic carbocycles. The quantitative estimate of drug-likeness (QED) is 0.555. The van der Waals surface area contributed by atoms with E-state index < -0.39 is 0 Å². The summed E-state index contributed by atoms with van der Waals surface area (Å²) >= 11 is 0. The van der Waals surface area contributed by atoms with Crippen molar-refractivity contribution in [1.82, 2.24) is 24.9 Å². The second kappa shape index (κ2) is 4.49. The summed E-state index contributed by atoms with van der Waals surface area (Å²) in [5.74, 6) is 1.14. The van der Waals surface area contributed by atoms with E-state index in [2.05, 4.69) is 19.9 Å². The van der Waals surface area contributed by atoms with E-state index in [0.717, 1.165) is 33.5 Å². The van der Waals surface area contributed by atoms with Crippen LogP contribution in [0.25, 0.3) is 33.6 Å². The number of rotatable bonds is 2. The molecule has 1 aliphatic rings. The molecule has 3 heterocycles. The maximum absolute atomic E-state index is 5.82. The van der Waals surface area contributed by atoms with E-state index in [1.165, 1.54) is 12.8 Å². The Morgan fingerprint density at radius 3 is 2.83 bits per heavy atom. The van der Waals surface area contributed by atoms with E-state index in [0.29, 0.717) is 17.4 Å². The third-order valence-electron chi connectivity index (χ3n) is 4.22. The number of H-pyrrole nitrogens is 1. The lowest BCUT2D eigenvalue weighted by atomic mass is 10.1. The predicted octanol–water partition coefficient (Wildman–Crippen LogP) is 3.03. The first kappa shape index (κ1) is 12.5. The summed E-state index contributed by atoms with van der Waals surface area (Å²) in [6.45, 7) is 0. The molecule has 5 rings (SSSR count). The lowest BCUT2D eigenvalue weighted by Gasteiger charge is -2.06. The average molecular weight is 302 g/mol. The summed E-state index contributed by atoms with van der Waals surface area (Å²) in [7, 11) is 0. The van der Waals surface area contributed by atoms with Gasteiger partial charge in [0, 0.05) is 17.0 Å². The first-order valence-electron chi connectivity index (χ1n) is 7.65. The fraction of sp³-hybridized carbons (Fsp3) is 0.176. The topological polar surface area (TPSA) is 93.4 Å². The van der Waals surface area contributed by atoms with Crippen LogP contribution in [0.3, 0.4) is 0 Å². The lowest BCUT2D eigenvalue weighted by molar-refractivity contribution is 1.01. The van der Waals surface area contributed by atoms with Crippen LogP contribution >= 0.6 is 0 Å². The molecule has 23 heavy (non-hydrogen) atoms. The molecule has 0 atom stereocenters. The molecule has 6 heteroatoms. The van der Waals surface area contributed by atoms with Gasteiger partial charge in [-0.25, -0.2) is 19.9 Å². The van der Waals surface area contributed by atoms with Gasteiger partial charge in [-0.2, -0.15) is 0 Å². The van der Waals surface area contributed by atoms with Crippen molar-refractivity contribution in [1.29, 1.82) is 0 Å². The van der Waals surface area contributed by atoms with Crippen LogP contribution in [0.1, 0.15) is 24.5 Å². The third-order valence-corrected chi connectivity index (χ3v) is 4.22. The molecule has 0 bridgehead atoms. The van der Waals surface area contributed by atoms with Crippen molar-refractivity contribution < 1.29 is 0 Å². The van der Waals surface area contributed by atoms with Gasteiger partial charge < -0.3 is 10.7 Å². The van der Waals surface area contributed by atoms with Crippen LogP contribution in [0.4, 0.5) is 5.69 Å². The van der Waals surface area contributed by atoms with Crippen LogP contribution in [0.5, 0.6) is 0 Å². The second-order valence-corrected chi connectivity index (χ2v) is 5.96. The zero-order valence-electron chi connectivity index (χ0n) is 12.3. The number of nitrogen functional groups attached to an aromatic ring is 1. The number of aromatic nitrogens is 5. The van der Waals surface area contributed by atoms with Gasteiger partial charge in [0.15, 0.2) is 11.5 Å². The van der Waals surface area contributed by atoms with Gasteiger partial charge in [0.25, 0.3) is 0 Å². The Balaban J connectivity index is 1.71. The number of nitrogens with two attached hydrogens (primary N) is 1. The molecular weight excluding hydrogens is 288 g/mol. The lowest BCUT2D eigenvalue weighted by Crippen LogP contribution is -1.98. The van der Waals surface area contributed by atoms with Gasteiger partial charge in [-0.15, -0.1) is 0 Å². The van der Waals surface area contributed by atoms with E-state index >= 15 is 0 Å². The molecule has 3 N–H and O–H groups in total. The van der Waals surface area contributed by atoms with Crippen LogP contribution in [0, 0.1) is 0 Å². The molecule has 0 unspecified atom stereocenters. The van der Waals surface area contributed by atoms with Crippen molar-refractivity contribution >= 4 is 27.8 Å². The van der Waals surface area contributed by atoms with Crippen molar-refractivity contribution in [3.05, 3.63) is 42.4 Å². The molecule has 1 saturated carbocycles. The summed E-state index contributed by atoms with van der Waals surface area (Å²) in [4.78, 5) is 21.5. The van der Waals surface area contributed by atoms with Crippen molar-refractivity contribution in [3.63, 3.8) is 0 Å². The molecule has 6 nitrogen and oxygen atoms in total. The van der Waals surface area contributed by atoms with Crippen molar-refractivity contribution in [2.45, 2.75) is 18.8 Å². The SMILES string of the molecule is Nc1ccc2nc(-c3nc(C4CC4)c4[nH]cnc4n3)ccc2c1. The molecule has 0 radical (unpaired) electrons. The maximum Gasteiger partial charge on any atom is 0.181 e. The average Bonchev–Trinajstić information content (AvgIpc) is 3.30. The molecule has 1 fully saturated rings. The largest absolute Gasteiger partial charge is 0.399 e. The maximum atomic E-state index is 5.82. The number of fused-ring (bicyclic) bond motifs is 2. The fourth-order valence-electron chi connectivity index (χ4n) is 2.89. The number of pyridine rings is 1. The van der Waals surface area contributed by atoms with Gasteiger partial charge in [-0.05, 0) is 37.1 Å². The molecule has 112 valence electrons. The van der Waals surface area contributed by atoms with Crippen LogP contribution in [-0.4, -0.2) is 24.9 Å². The van der Waals surface area contributed by atoms with Crippen LogP contribution in [-0.2, 0) is 0 Å². The number of imidazole rings is 1. The summed E-state index contributed by atoms with van der Waals surface area (Å²) < 4.78 is 0. The predicted molar refractivity (Wildman–Crippen MR) is 88.8 cm³/mol. The molecule has 3 aromatic heterocycles. The smallest absolute Gasteiger partial charge is 0.181 e. The molecular formula is C17H14N6. The molecule has 4 aromatic rings. The number of anilines is 1. The van der Waals surface area contributed by atoms with Crippen molar-refractivity contribution in [2.24, 2.45) is 0 Å². The van der Waals surface area contributed by atoms with Gasteiger partial charge in [-0.3, -0.25) is 0 Å². The van der Waals surface area contributed by atoms with E-state index in [1.807, 2.05) is 30.3 Å². The van der Waals surface area contributed by atoms with Crippen molar-refractivity contribution in [2.75, 3.05) is 5.73 Å². The standard InChI is InChI=1S/C17H14N6/c18-11-4-6-12-10(7-11)3-5-13(21-12)16-22-14(9-1-2-9)15-17(23-16)20-8-19-15/h3-9H,1-2,18H2,(H,19,20,22,23). The Bertz CT molecular complexity index is 1050. The van der Waals surface area contributed by atoms with Gasteiger partial charge in [-0.1, -0.05) is 6.07 Å². The summed E-state index contributed by atoms with van der Waals surface area (Å²) in [5.41, 5.74) is 10.9. The molecule has 0 spiro atoms. The van der Waals surface area contributed by atoms with Gasteiger partial charge in [0.2, 0.25) is 0 Å². The summed E-state index contributed by atoms with van der Waals surface area (Å²) in [5, 5.41) is 1.01. The van der Waals surface area contributed by atoms with Crippen LogP contribution < -0.4 is 5.73 Å². The Morgan fingerprint density at radius 2 is 1.96 bits per heavy atom. The minimum Gasteiger partial charge on any atom is -0.399 e. The molecule has 0 amide bonds. The molecule has 1 aromatic carbocycles. The van der Waals surface area contributed by atoms with E-state index in [1.54, 1.807) is 6.33 Å². The highest BCUT2D eigenvalue weighted by Gasteiger charge is 2.29. The van der Waals surface area contributed by atoms with E-state index in [-0.39, 0.29) is 0 Å². The number of nitrogens with zero attached hydrogens (tertiary/aromatic N) is 4. The first-order chi connectivity index (χ1) is 11.3. The van der Waals surface area contributed by atoms with Gasteiger partial charge in [0.05, 0.1) is 17.5 Å². The van der Waals surface area contributed by atoms with Crippen molar-refractivity contribution in [3.8, 4) is 11.5 Å². The van der Waals surface area contributed by atoms with Crippen LogP contribution in [0.2, 0.25) is 0 Å². The highest BCUT2D eigenvalue weighted by molar-refractivity contribution is 5.84. The van der Waals surface area contributed by atoms with Crippen LogP contribution in [0.15, 0.2) is 36.7 Å². The Morgan fingerprint density at radius 1 is 1.04 bits per heavy atom. The molecule has 0 aliphatic heterocycles. The molecule has 0 saturated heterocycles. The minimum absolute atomic E-state index is 0.514. The summed E-state index contributed by atoms with van der Waals surface area (Å²) in [6.07, 6.45) is 4.02. The number of hydrogen-bond acceptors (Lipinski definition) is 5.